The Morgan fingerprint density at radius 2 is 1.61 bits per heavy atom. The molecule has 0 aromatic heterocycles. The van der Waals surface area contributed by atoms with Gasteiger partial charge in [0, 0.05) is 71.8 Å². The maximum absolute atomic E-state index is 13.1. The summed E-state index contributed by atoms with van der Waals surface area (Å²) in [6.45, 7) is 16.1. The van der Waals surface area contributed by atoms with Gasteiger partial charge < -0.3 is 20.4 Å². The van der Waals surface area contributed by atoms with Crippen LogP contribution >= 0.6 is 0 Å². The molecule has 2 amide bonds. The lowest BCUT2D eigenvalue weighted by Crippen LogP contribution is -2.40. The Balaban J connectivity index is 1.82. The fourth-order valence-corrected chi connectivity index (χ4v) is 7.96. The number of hydrogen-bond donors (Lipinski definition) is 3. The van der Waals surface area contributed by atoms with Crippen molar-refractivity contribution in [1.29, 1.82) is 0 Å². The van der Waals surface area contributed by atoms with Gasteiger partial charge in [0.15, 0.2) is 0 Å². The number of fused-ring (bicyclic) bond motifs is 2. The zero-order valence-electron chi connectivity index (χ0n) is 28.7. The standard InChI is InChI=1S/C36H50N4O5S/c1-10-11-16-39-28-22-25(33(41)37-8)21-24(3)31(28)35(4,5)29(39)14-12-15-30-36(6,7)32-26(34(42)38-9)19-23(2)20-27(32)40(30)17-13-18-46(43,44)45/h12,14-15,19-22,29H,10-11,13,16-18H2,1-9H3,(H,37,41)(H,38,42)(H,43,44,45)/b14-12+,30-15+. The van der Waals surface area contributed by atoms with Crippen LogP contribution in [0.25, 0.3) is 0 Å². The molecule has 1 atom stereocenters. The smallest absolute Gasteiger partial charge is 0.264 e. The molecule has 0 saturated carbocycles. The van der Waals surface area contributed by atoms with Crippen LogP contribution in [-0.4, -0.2) is 63.8 Å². The van der Waals surface area contributed by atoms with Crippen LogP contribution < -0.4 is 20.4 Å². The Kier molecular flexibility index (Phi) is 10.1. The summed E-state index contributed by atoms with van der Waals surface area (Å²) in [7, 11) is -0.855. The Hall–Kier alpha value is -3.63. The van der Waals surface area contributed by atoms with E-state index in [9.17, 15) is 22.6 Å². The van der Waals surface area contributed by atoms with Gasteiger partial charge in [-0.3, -0.25) is 14.1 Å². The zero-order chi connectivity index (χ0) is 34.2. The molecular formula is C36H50N4O5S. The van der Waals surface area contributed by atoms with Crippen molar-refractivity contribution in [3.8, 4) is 0 Å². The Bertz CT molecular complexity index is 1690. The first-order valence-corrected chi connectivity index (χ1v) is 17.7. The second-order valence-corrected chi connectivity index (χ2v) is 15.2. The predicted octanol–water partition coefficient (Wildman–Crippen LogP) is 5.80. The molecule has 2 aliphatic heterocycles. The van der Waals surface area contributed by atoms with E-state index in [0.717, 1.165) is 53.1 Å². The van der Waals surface area contributed by atoms with Gasteiger partial charge in [0.2, 0.25) is 0 Å². The molecule has 0 radical (unpaired) electrons. The molecule has 9 nitrogen and oxygen atoms in total. The van der Waals surface area contributed by atoms with E-state index in [0.29, 0.717) is 17.7 Å². The molecule has 2 aliphatic rings. The van der Waals surface area contributed by atoms with E-state index in [-0.39, 0.29) is 35.4 Å². The highest BCUT2D eigenvalue weighted by Crippen LogP contribution is 2.51. The van der Waals surface area contributed by atoms with Crippen LogP contribution in [-0.2, 0) is 20.9 Å². The molecule has 0 spiro atoms. The van der Waals surface area contributed by atoms with Gasteiger partial charge in [-0.1, -0.05) is 53.2 Å². The molecule has 2 aromatic rings. The van der Waals surface area contributed by atoms with E-state index in [1.165, 1.54) is 5.56 Å². The molecule has 0 aliphatic carbocycles. The van der Waals surface area contributed by atoms with Crippen molar-refractivity contribution >= 4 is 33.3 Å². The number of benzene rings is 2. The van der Waals surface area contributed by atoms with Crippen molar-refractivity contribution < 1.29 is 22.6 Å². The minimum Gasteiger partial charge on any atom is -0.364 e. The summed E-state index contributed by atoms with van der Waals surface area (Å²) in [4.78, 5) is 30.2. The first kappa shape index (κ1) is 35.2. The summed E-state index contributed by atoms with van der Waals surface area (Å²) >= 11 is 0. The number of aryl methyl sites for hydroxylation is 2. The molecule has 10 heteroatoms. The average molecular weight is 651 g/mol. The van der Waals surface area contributed by atoms with E-state index >= 15 is 0 Å². The number of unbranched alkanes of at least 4 members (excludes halogenated alkanes) is 1. The minimum absolute atomic E-state index is 0.0214. The lowest BCUT2D eigenvalue weighted by molar-refractivity contribution is 0.0954. The molecule has 2 heterocycles. The third kappa shape index (κ3) is 6.60. The summed E-state index contributed by atoms with van der Waals surface area (Å²) in [5, 5.41) is 5.53. The third-order valence-electron chi connectivity index (χ3n) is 9.50. The van der Waals surface area contributed by atoms with Gasteiger partial charge in [-0.05, 0) is 73.7 Å². The molecule has 0 bridgehead atoms. The average Bonchev–Trinajstić information content (AvgIpc) is 3.32. The van der Waals surface area contributed by atoms with E-state index in [1.807, 2.05) is 31.2 Å². The zero-order valence-corrected chi connectivity index (χ0v) is 29.6. The summed E-state index contributed by atoms with van der Waals surface area (Å²) in [5.74, 6) is -0.632. The van der Waals surface area contributed by atoms with Gasteiger partial charge in [-0.2, -0.15) is 8.42 Å². The summed E-state index contributed by atoms with van der Waals surface area (Å²) in [6, 6.07) is 7.94. The van der Waals surface area contributed by atoms with Crippen molar-refractivity contribution in [3.05, 3.63) is 81.6 Å². The monoisotopic (exact) mass is 650 g/mol. The van der Waals surface area contributed by atoms with Crippen molar-refractivity contribution in [2.75, 3.05) is 42.7 Å². The lowest BCUT2D eigenvalue weighted by Gasteiger charge is -2.33. The fraction of sp³-hybridized carbons (Fsp3) is 0.500. The van der Waals surface area contributed by atoms with E-state index in [2.05, 4.69) is 80.2 Å². The van der Waals surface area contributed by atoms with Crippen LogP contribution in [0.2, 0.25) is 0 Å². The SMILES string of the molecule is CCCCN1c2cc(C(=O)NC)cc(C)c2C(C)(C)C1/C=C/C=C1/N(CCCS(=O)(=O)O)c2cc(C)cc(C(=O)NC)c2C1(C)C. The van der Waals surface area contributed by atoms with Gasteiger partial charge in [0.1, 0.15) is 0 Å². The van der Waals surface area contributed by atoms with E-state index < -0.39 is 15.5 Å². The first-order valence-electron chi connectivity index (χ1n) is 16.1. The number of hydrogen-bond acceptors (Lipinski definition) is 6. The van der Waals surface area contributed by atoms with Crippen molar-refractivity contribution in [1.82, 2.24) is 10.6 Å². The quantitative estimate of drug-likeness (QED) is 0.263. The summed E-state index contributed by atoms with van der Waals surface area (Å²) in [5.41, 5.74) is 7.48. The van der Waals surface area contributed by atoms with Crippen molar-refractivity contribution in [2.24, 2.45) is 0 Å². The molecule has 1 unspecified atom stereocenters. The summed E-state index contributed by atoms with van der Waals surface area (Å²) < 4.78 is 32.7. The second kappa shape index (κ2) is 13.2. The Morgan fingerprint density at radius 3 is 2.22 bits per heavy atom. The van der Waals surface area contributed by atoms with Crippen LogP contribution in [0.4, 0.5) is 11.4 Å². The van der Waals surface area contributed by atoms with Gasteiger partial charge >= 0.3 is 0 Å². The predicted molar refractivity (Wildman–Crippen MR) is 187 cm³/mol. The molecular weight excluding hydrogens is 600 g/mol. The maximum atomic E-state index is 13.1. The van der Waals surface area contributed by atoms with Gasteiger partial charge in [-0.15, -0.1) is 0 Å². The van der Waals surface area contributed by atoms with Crippen LogP contribution in [0, 0.1) is 13.8 Å². The first-order chi connectivity index (χ1) is 21.5. The van der Waals surface area contributed by atoms with Crippen molar-refractivity contribution in [3.63, 3.8) is 0 Å². The Labute approximate surface area is 274 Å². The van der Waals surface area contributed by atoms with Gasteiger partial charge in [-0.25, -0.2) is 0 Å². The van der Waals surface area contributed by atoms with Crippen LogP contribution in [0.5, 0.6) is 0 Å². The van der Waals surface area contributed by atoms with Crippen molar-refractivity contribution in [2.45, 2.75) is 84.6 Å². The number of anilines is 2. The molecule has 3 N–H and O–H groups in total. The molecule has 0 saturated heterocycles. The number of allylic oxidation sites excluding steroid dienone is 3. The minimum atomic E-state index is -4.12. The number of nitrogens with zero attached hydrogens (tertiary/aromatic N) is 2. The highest BCUT2D eigenvalue weighted by molar-refractivity contribution is 7.85. The maximum Gasteiger partial charge on any atom is 0.264 e. The number of carbonyl (C=O) groups is 2. The molecule has 46 heavy (non-hydrogen) atoms. The molecule has 0 fully saturated rings. The lowest BCUT2D eigenvalue weighted by atomic mass is 9.77. The van der Waals surface area contributed by atoms with Crippen LogP contribution in [0.1, 0.15) is 96.9 Å². The normalized spacial score (nSPS) is 19.1. The Morgan fingerprint density at radius 1 is 0.935 bits per heavy atom. The van der Waals surface area contributed by atoms with Crippen LogP contribution in [0.3, 0.4) is 0 Å². The topological polar surface area (TPSA) is 119 Å². The second-order valence-electron chi connectivity index (χ2n) is 13.6. The van der Waals surface area contributed by atoms with Crippen LogP contribution in [0.15, 0.2) is 48.2 Å². The third-order valence-corrected chi connectivity index (χ3v) is 10.3. The molecule has 250 valence electrons. The number of nitrogens with one attached hydrogen (secondary N) is 2. The highest BCUT2D eigenvalue weighted by Gasteiger charge is 2.45. The van der Waals surface area contributed by atoms with Gasteiger partial charge in [0.05, 0.1) is 11.8 Å². The number of carbonyl (C=O) groups excluding carboxylic acids is 2. The van der Waals surface area contributed by atoms with E-state index in [4.69, 9.17) is 0 Å². The van der Waals surface area contributed by atoms with E-state index in [1.54, 1.807) is 14.1 Å². The number of amides is 2. The highest BCUT2D eigenvalue weighted by atomic mass is 32.2. The van der Waals surface area contributed by atoms with Gasteiger partial charge in [0.25, 0.3) is 21.9 Å². The molecule has 2 aromatic carbocycles. The largest absolute Gasteiger partial charge is 0.364 e. The fourth-order valence-electron chi connectivity index (χ4n) is 7.47. The summed E-state index contributed by atoms with van der Waals surface area (Å²) in [6.07, 6.45) is 8.66. The molecule has 4 rings (SSSR count). The number of rotatable bonds is 11.